The molecule has 0 saturated heterocycles. The van der Waals surface area contributed by atoms with Crippen molar-refractivity contribution < 1.29 is 24.8 Å². The number of phenolic OH excluding ortho intramolecular Hbond substituents is 2. The van der Waals surface area contributed by atoms with Crippen LogP contribution in [0.3, 0.4) is 0 Å². The molecule has 0 radical (unpaired) electrons. The lowest BCUT2D eigenvalue weighted by atomic mass is 9.57. The van der Waals surface area contributed by atoms with Gasteiger partial charge >= 0.3 is 0 Å². The molecule has 198 valence electrons. The minimum absolute atomic E-state index is 0.0726. The number of hydrogen-bond donors (Lipinski definition) is 3. The van der Waals surface area contributed by atoms with Gasteiger partial charge in [-0.15, -0.1) is 0 Å². The monoisotopic (exact) mass is 504 g/mol. The maximum absolute atomic E-state index is 10.8. The second-order valence-electron chi connectivity index (χ2n) is 11.5. The smallest absolute Gasteiger partial charge is 0.165 e. The molecule has 1 aliphatic carbocycles. The number of benzene rings is 2. The summed E-state index contributed by atoms with van der Waals surface area (Å²) >= 11 is 0. The number of aliphatic hydroxyl groups is 1. The van der Waals surface area contributed by atoms with Crippen molar-refractivity contribution in [1.29, 1.82) is 0 Å². The summed E-state index contributed by atoms with van der Waals surface area (Å²) in [6.45, 7) is 14.5. The highest BCUT2D eigenvalue weighted by Gasteiger charge is 2.54. The molecule has 3 atom stereocenters. The number of rotatable bonds is 7. The Labute approximate surface area is 220 Å². The SMILES string of the molecule is C=CCOc1cc(/C=C/c2cc(O)c(CC=C(C)C)c(O)c2)cc2c1O[C@]1(C)CC[C@@H](O)C(C)(C)[C@H]1C2. The normalized spacial score (nSPS) is 24.1. The van der Waals surface area contributed by atoms with E-state index in [0.717, 1.165) is 35.3 Å². The van der Waals surface area contributed by atoms with Crippen molar-refractivity contribution in [3.05, 3.63) is 70.8 Å². The summed E-state index contributed by atoms with van der Waals surface area (Å²) in [5, 5.41) is 31.7. The standard InChI is InChI=1S/C32H40O5/c1-7-14-36-27-18-21(9-10-22-16-25(33)24(26(34)17-22)11-8-20(2)3)15-23-19-28-31(4,5)29(35)12-13-32(28,6)37-30(23)27/h7-10,15-18,28-29,33-35H,1,11-14,19H2,2-6H3/b10-9+/t28-,29-,32-/m1/s1. The van der Waals surface area contributed by atoms with Gasteiger partial charge in [0.05, 0.1) is 6.10 Å². The van der Waals surface area contributed by atoms with E-state index < -0.39 is 0 Å². The Morgan fingerprint density at radius 2 is 1.73 bits per heavy atom. The van der Waals surface area contributed by atoms with Crippen molar-refractivity contribution in [1.82, 2.24) is 0 Å². The minimum atomic E-state index is -0.373. The number of ether oxygens (including phenoxy) is 2. The first kappa shape index (κ1) is 26.9. The molecule has 2 aromatic rings. The van der Waals surface area contributed by atoms with Crippen molar-refractivity contribution in [3.63, 3.8) is 0 Å². The van der Waals surface area contributed by atoms with Crippen LogP contribution in [0.15, 0.2) is 48.6 Å². The highest BCUT2D eigenvalue weighted by Crippen LogP contribution is 2.55. The van der Waals surface area contributed by atoms with Gasteiger partial charge in [0.2, 0.25) is 0 Å². The third kappa shape index (κ3) is 5.42. The molecule has 0 aromatic heterocycles. The zero-order chi connectivity index (χ0) is 27.0. The molecule has 1 heterocycles. The molecule has 0 spiro atoms. The van der Waals surface area contributed by atoms with Crippen molar-refractivity contribution in [2.24, 2.45) is 11.3 Å². The Morgan fingerprint density at radius 3 is 2.35 bits per heavy atom. The zero-order valence-electron chi connectivity index (χ0n) is 22.7. The van der Waals surface area contributed by atoms with Crippen molar-refractivity contribution in [2.75, 3.05) is 6.61 Å². The molecule has 4 rings (SSSR count). The average molecular weight is 505 g/mol. The van der Waals surface area contributed by atoms with Crippen molar-refractivity contribution in [2.45, 2.75) is 72.0 Å². The first-order valence-corrected chi connectivity index (χ1v) is 13.1. The van der Waals surface area contributed by atoms with Gasteiger partial charge in [0.25, 0.3) is 0 Å². The Kier molecular flexibility index (Phi) is 7.48. The van der Waals surface area contributed by atoms with Gasteiger partial charge < -0.3 is 24.8 Å². The van der Waals surface area contributed by atoms with Gasteiger partial charge in [-0.3, -0.25) is 0 Å². The fourth-order valence-corrected chi connectivity index (χ4v) is 5.81. The van der Waals surface area contributed by atoms with Crippen LogP contribution >= 0.6 is 0 Å². The first-order chi connectivity index (χ1) is 17.4. The van der Waals surface area contributed by atoms with E-state index >= 15 is 0 Å². The van der Waals surface area contributed by atoms with Gasteiger partial charge in [-0.25, -0.2) is 0 Å². The van der Waals surface area contributed by atoms with Gasteiger partial charge in [0.1, 0.15) is 23.7 Å². The molecule has 5 heteroatoms. The summed E-state index contributed by atoms with van der Waals surface area (Å²) in [4.78, 5) is 0. The molecule has 2 aliphatic rings. The molecule has 1 fully saturated rings. The van der Waals surface area contributed by atoms with Crippen LogP contribution < -0.4 is 9.47 Å². The van der Waals surface area contributed by atoms with E-state index in [1.807, 2.05) is 38.1 Å². The number of phenols is 2. The van der Waals surface area contributed by atoms with E-state index in [2.05, 4.69) is 33.4 Å². The number of aromatic hydroxyl groups is 2. The molecular formula is C32H40O5. The third-order valence-corrected chi connectivity index (χ3v) is 8.09. The highest BCUT2D eigenvalue weighted by atomic mass is 16.5. The lowest BCUT2D eigenvalue weighted by molar-refractivity contribution is -0.138. The largest absolute Gasteiger partial charge is 0.507 e. The molecule has 5 nitrogen and oxygen atoms in total. The third-order valence-electron chi connectivity index (χ3n) is 8.09. The minimum Gasteiger partial charge on any atom is -0.507 e. The Morgan fingerprint density at radius 1 is 1.08 bits per heavy atom. The number of aliphatic hydroxyl groups excluding tert-OH is 1. The van der Waals surface area contributed by atoms with Crippen LogP contribution in [-0.2, 0) is 12.8 Å². The fourth-order valence-electron chi connectivity index (χ4n) is 5.81. The van der Waals surface area contributed by atoms with Crippen LogP contribution in [-0.4, -0.2) is 33.6 Å². The van der Waals surface area contributed by atoms with Crippen LogP contribution in [0, 0.1) is 11.3 Å². The van der Waals surface area contributed by atoms with Crippen molar-refractivity contribution in [3.8, 4) is 23.0 Å². The van der Waals surface area contributed by atoms with Crippen molar-refractivity contribution >= 4 is 12.2 Å². The Balaban J connectivity index is 1.68. The van der Waals surface area contributed by atoms with Gasteiger partial charge in [0, 0.05) is 11.5 Å². The topological polar surface area (TPSA) is 79.2 Å². The summed E-state index contributed by atoms with van der Waals surface area (Å²) in [7, 11) is 0. The zero-order valence-corrected chi connectivity index (χ0v) is 22.7. The van der Waals surface area contributed by atoms with Gasteiger partial charge in [-0.05, 0) is 92.8 Å². The summed E-state index contributed by atoms with van der Waals surface area (Å²) in [5.74, 6) is 1.74. The molecule has 2 aromatic carbocycles. The molecule has 3 N–H and O–H groups in total. The molecule has 0 amide bonds. The number of hydrogen-bond acceptors (Lipinski definition) is 5. The molecule has 0 unspecified atom stereocenters. The first-order valence-electron chi connectivity index (χ1n) is 13.1. The van der Waals surface area contributed by atoms with E-state index in [0.29, 0.717) is 36.3 Å². The maximum atomic E-state index is 10.8. The lowest BCUT2D eigenvalue weighted by Crippen LogP contribution is -2.58. The number of fused-ring (bicyclic) bond motifs is 2. The van der Waals surface area contributed by atoms with Gasteiger partial charge in [-0.2, -0.15) is 0 Å². The fraction of sp³-hybridized carbons (Fsp3) is 0.438. The average Bonchev–Trinajstić information content (AvgIpc) is 2.83. The maximum Gasteiger partial charge on any atom is 0.165 e. The van der Waals surface area contributed by atoms with Crippen LogP contribution in [0.4, 0.5) is 0 Å². The summed E-state index contributed by atoms with van der Waals surface area (Å²) < 4.78 is 12.7. The van der Waals surface area contributed by atoms with Crippen LogP contribution in [0.2, 0.25) is 0 Å². The lowest BCUT2D eigenvalue weighted by Gasteiger charge is -2.55. The predicted octanol–water partition coefficient (Wildman–Crippen LogP) is 6.83. The second kappa shape index (κ2) is 10.3. The molecule has 1 aliphatic heterocycles. The quantitative estimate of drug-likeness (QED) is 0.284. The van der Waals surface area contributed by atoms with Crippen LogP contribution in [0.1, 0.15) is 69.7 Å². The van der Waals surface area contributed by atoms with Crippen LogP contribution in [0.5, 0.6) is 23.0 Å². The Bertz CT molecular complexity index is 1210. The van der Waals surface area contributed by atoms with E-state index in [1.165, 1.54) is 0 Å². The molecule has 37 heavy (non-hydrogen) atoms. The van der Waals surface area contributed by atoms with E-state index in [4.69, 9.17) is 9.47 Å². The summed E-state index contributed by atoms with van der Waals surface area (Å²) in [5.41, 5.74) is 3.66. The van der Waals surface area contributed by atoms with Crippen LogP contribution in [0.25, 0.3) is 12.2 Å². The van der Waals surface area contributed by atoms with E-state index in [1.54, 1.807) is 18.2 Å². The Hall–Kier alpha value is -3.18. The molecular weight excluding hydrogens is 464 g/mol. The van der Waals surface area contributed by atoms with E-state index in [-0.39, 0.29) is 34.5 Å². The van der Waals surface area contributed by atoms with Gasteiger partial charge in [0.15, 0.2) is 11.5 Å². The van der Waals surface area contributed by atoms with Gasteiger partial charge in [-0.1, -0.05) is 50.3 Å². The summed E-state index contributed by atoms with van der Waals surface area (Å²) in [6, 6.07) is 7.39. The summed E-state index contributed by atoms with van der Waals surface area (Å²) in [6.07, 6.45) is 9.90. The number of allylic oxidation sites excluding steroid dienone is 2. The molecule has 1 saturated carbocycles. The highest BCUT2D eigenvalue weighted by molar-refractivity contribution is 5.73. The second-order valence-corrected chi connectivity index (χ2v) is 11.5. The van der Waals surface area contributed by atoms with E-state index in [9.17, 15) is 15.3 Å². The predicted molar refractivity (Wildman–Crippen MR) is 149 cm³/mol. The molecule has 0 bridgehead atoms.